The Labute approximate surface area is 112 Å². The van der Waals surface area contributed by atoms with Gasteiger partial charge in [0.1, 0.15) is 11.5 Å². The molecule has 2 unspecified atom stereocenters. The number of hydrogen-bond donors (Lipinski definition) is 2. The van der Waals surface area contributed by atoms with E-state index >= 15 is 0 Å². The van der Waals surface area contributed by atoms with E-state index in [9.17, 15) is 5.11 Å². The van der Waals surface area contributed by atoms with Crippen molar-refractivity contribution in [2.24, 2.45) is 0 Å². The molecule has 2 atom stereocenters. The number of hydrogen-bond acceptors (Lipinski definition) is 4. The minimum Gasteiger partial charge on any atom is -0.508 e. The van der Waals surface area contributed by atoms with E-state index < -0.39 is 0 Å². The molecule has 2 aromatic rings. The average molecular weight is 258 g/mol. The molecule has 0 saturated carbocycles. The molecule has 2 N–H and O–H groups in total. The highest BCUT2D eigenvalue weighted by Crippen LogP contribution is 2.37. The smallest absolute Gasteiger partial charge is 0.211 e. The van der Waals surface area contributed by atoms with Crippen molar-refractivity contribution in [2.45, 2.75) is 38.8 Å². The van der Waals surface area contributed by atoms with Gasteiger partial charge in [0, 0.05) is 6.04 Å². The van der Waals surface area contributed by atoms with Crippen LogP contribution in [0.2, 0.25) is 0 Å². The molecule has 4 heteroatoms. The van der Waals surface area contributed by atoms with Gasteiger partial charge in [0.2, 0.25) is 5.89 Å². The van der Waals surface area contributed by atoms with Crippen LogP contribution in [0.3, 0.4) is 0 Å². The Kier molecular flexibility index (Phi) is 3.03. The predicted molar refractivity (Wildman–Crippen MR) is 72.0 cm³/mol. The number of nitrogens with zero attached hydrogens (tertiary/aromatic N) is 1. The second-order valence-corrected chi connectivity index (χ2v) is 5.13. The fourth-order valence-electron chi connectivity index (χ4n) is 2.75. The number of oxazole rings is 1. The van der Waals surface area contributed by atoms with Crippen LogP contribution < -0.4 is 5.32 Å². The molecule has 1 aromatic carbocycles. The molecule has 0 bridgehead atoms. The molecule has 0 radical (unpaired) electrons. The molecular formula is C15H18N2O2. The molecule has 0 fully saturated rings. The zero-order chi connectivity index (χ0) is 13.4. The summed E-state index contributed by atoms with van der Waals surface area (Å²) in [5.41, 5.74) is 2.26. The Bertz CT molecular complexity index is 592. The molecule has 1 heterocycles. The molecule has 1 aliphatic rings. The van der Waals surface area contributed by atoms with E-state index in [2.05, 4.69) is 16.4 Å². The summed E-state index contributed by atoms with van der Waals surface area (Å²) >= 11 is 0. The molecule has 0 amide bonds. The van der Waals surface area contributed by atoms with E-state index in [4.69, 9.17) is 4.42 Å². The van der Waals surface area contributed by atoms with Crippen molar-refractivity contribution in [3.63, 3.8) is 0 Å². The summed E-state index contributed by atoms with van der Waals surface area (Å²) in [4.78, 5) is 4.25. The van der Waals surface area contributed by atoms with E-state index in [-0.39, 0.29) is 12.1 Å². The number of rotatable bonds is 3. The second kappa shape index (κ2) is 4.70. The Balaban J connectivity index is 1.78. The molecule has 0 spiro atoms. The van der Waals surface area contributed by atoms with Crippen LogP contribution in [-0.4, -0.2) is 10.1 Å². The Morgan fingerprint density at radius 3 is 3.05 bits per heavy atom. The maximum absolute atomic E-state index is 9.84. The SMILES string of the molecule is Cc1cnc(C(C)NC2CCc3c(O)cccc32)o1. The number of aromatic nitrogens is 1. The molecule has 100 valence electrons. The number of aromatic hydroxyl groups is 1. The van der Waals surface area contributed by atoms with E-state index in [1.165, 1.54) is 5.56 Å². The summed E-state index contributed by atoms with van der Waals surface area (Å²) in [6.07, 6.45) is 3.65. The third-order valence-electron chi connectivity index (χ3n) is 3.71. The number of benzene rings is 1. The van der Waals surface area contributed by atoms with Gasteiger partial charge in [-0.2, -0.15) is 0 Å². The first kappa shape index (κ1) is 12.2. The first-order valence-corrected chi connectivity index (χ1v) is 6.64. The summed E-state index contributed by atoms with van der Waals surface area (Å²) in [7, 11) is 0. The topological polar surface area (TPSA) is 58.3 Å². The largest absolute Gasteiger partial charge is 0.508 e. The number of fused-ring (bicyclic) bond motifs is 1. The monoisotopic (exact) mass is 258 g/mol. The standard InChI is InChI=1S/C15H18N2O2/c1-9-8-16-15(19-9)10(2)17-13-7-6-12-11(13)4-3-5-14(12)18/h3-5,8,10,13,17-18H,6-7H2,1-2H3. The van der Waals surface area contributed by atoms with E-state index in [0.717, 1.165) is 24.2 Å². The summed E-state index contributed by atoms with van der Waals surface area (Å²) in [5.74, 6) is 1.95. The lowest BCUT2D eigenvalue weighted by molar-refractivity contribution is 0.371. The minimum atomic E-state index is 0.0620. The fraction of sp³-hybridized carbons (Fsp3) is 0.400. The summed E-state index contributed by atoms with van der Waals surface area (Å²) in [5, 5.41) is 13.4. The van der Waals surface area contributed by atoms with Crippen LogP contribution in [-0.2, 0) is 6.42 Å². The molecule has 0 saturated heterocycles. The molecule has 1 aliphatic carbocycles. The number of phenolic OH excluding ortho intramolecular Hbond substituents is 1. The number of aryl methyl sites for hydroxylation is 1. The molecule has 3 rings (SSSR count). The fourth-order valence-corrected chi connectivity index (χ4v) is 2.75. The molecule has 4 nitrogen and oxygen atoms in total. The lowest BCUT2D eigenvalue weighted by Gasteiger charge is -2.18. The Hall–Kier alpha value is -1.81. The number of phenols is 1. The van der Waals surface area contributed by atoms with Gasteiger partial charge in [-0.05, 0) is 43.9 Å². The van der Waals surface area contributed by atoms with Crippen LogP contribution in [0, 0.1) is 6.92 Å². The maximum Gasteiger partial charge on any atom is 0.211 e. The molecular weight excluding hydrogens is 240 g/mol. The lowest BCUT2D eigenvalue weighted by Crippen LogP contribution is -2.23. The van der Waals surface area contributed by atoms with Gasteiger partial charge in [-0.1, -0.05) is 12.1 Å². The summed E-state index contributed by atoms with van der Waals surface area (Å²) in [6, 6.07) is 6.04. The van der Waals surface area contributed by atoms with Gasteiger partial charge in [-0.15, -0.1) is 0 Å². The zero-order valence-corrected chi connectivity index (χ0v) is 11.2. The van der Waals surface area contributed by atoms with Crippen LogP contribution in [0.25, 0.3) is 0 Å². The second-order valence-electron chi connectivity index (χ2n) is 5.13. The van der Waals surface area contributed by atoms with Crippen LogP contribution in [0.5, 0.6) is 5.75 Å². The lowest BCUT2D eigenvalue weighted by atomic mass is 10.1. The van der Waals surface area contributed by atoms with Crippen LogP contribution >= 0.6 is 0 Å². The van der Waals surface area contributed by atoms with Gasteiger partial charge in [0.15, 0.2) is 0 Å². The Morgan fingerprint density at radius 1 is 1.47 bits per heavy atom. The van der Waals surface area contributed by atoms with E-state index in [0.29, 0.717) is 11.6 Å². The summed E-state index contributed by atoms with van der Waals surface area (Å²) in [6.45, 7) is 3.94. The van der Waals surface area contributed by atoms with Crippen LogP contribution in [0.15, 0.2) is 28.8 Å². The first-order chi connectivity index (χ1) is 9.15. The van der Waals surface area contributed by atoms with Gasteiger partial charge in [0.05, 0.1) is 12.2 Å². The highest BCUT2D eigenvalue weighted by Gasteiger charge is 2.26. The van der Waals surface area contributed by atoms with Crippen molar-refractivity contribution in [3.8, 4) is 5.75 Å². The van der Waals surface area contributed by atoms with Gasteiger partial charge in [-0.3, -0.25) is 5.32 Å². The van der Waals surface area contributed by atoms with Crippen molar-refractivity contribution >= 4 is 0 Å². The third kappa shape index (κ3) is 2.24. The zero-order valence-electron chi connectivity index (χ0n) is 11.2. The first-order valence-electron chi connectivity index (χ1n) is 6.64. The Morgan fingerprint density at radius 2 is 2.32 bits per heavy atom. The van der Waals surface area contributed by atoms with Crippen molar-refractivity contribution < 1.29 is 9.52 Å². The average Bonchev–Trinajstić information content (AvgIpc) is 2.98. The van der Waals surface area contributed by atoms with Gasteiger partial charge in [-0.25, -0.2) is 4.98 Å². The van der Waals surface area contributed by atoms with Crippen molar-refractivity contribution in [2.75, 3.05) is 0 Å². The molecule has 19 heavy (non-hydrogen) atoms. The number of nitrogens with one attached hydrogen (secondary N) is 1. The van der Waals surface area contributed by atoms with Crippen LogP contribution in [0.4, 0.5) is 0 Å². The van der Waals surface area contributed by atoms with Gasteiger partial charge >= 0.3 is 0 Å². The molecule has 1 aromatic heterocycles. The van der Waals surface area contributed by atoms with Crippen molar-refractivity contribution in [3.05, 3.63) is 47.2 Å². The minimum absolute atomic E-state index is 0.0620. The predicted octanol–water partition coefficient (Wildman–Crippen LogP) is 3.03. The van der Waals surface area contributed by atoms with Crippen molar-refractivity contribution in [1.29, 1.82) is 0 Å². The maximum atomic E-state index is 9.84. The summed E-state index contributed by atoms with van der Waals surface area (Å²) < 4.78 is 5.54. The van der Waals surface area contributed by atoms with Crippen LogP contribution in [0.1, 0.15) is 48.2 Å². The third-order valence-corrected chi connectivity index (χ3v) is 3.71. The normalized spacial score (nSPS) is 19.4. The van der Waals surface area contributed by atoms with E-state index in [1.54, 1.807) is 12.3 Å². The van der Waals surface area contributed by atoms with Crippen molar-refractivity contribution in [1.82, 2.24) is 10.3 Å². The van der Waals surface area contributed by atoms with E-state index in [1.807, 2.05) is 19.9 Å². The van der Waals surface area contributed by atoms with Gasteiger partial charge < -0.3 is 9.52 Å². The quantitative estimate of drug-likeness (QED) is 0.888. The molecule has 0 aliphatic heterocycles. The highest BCUT2D eigenvalue weighted by atomic mass is 16.4. The van der Waals surface area contributed by atoms with Gasteiger partial charge in [0.25, 0.3) is 0 Å². The highest BCUT2D eigenvalue weighted by molar-refractivity contribution is 5.44.